The molecule has 0 spiro atoms. The minimum atomic E-state index is -0.838. The summed E-state index contributed by atoms with van der Waals surface area (Å²) in [6, 6.07) is -0.285. The van der Waals surface area contributed by atoms with Crippen molar-refractivity contribution in [1.29, 1.82) is 0 Å². The molecular formula is C13H20N2O4. The summed E-state index contributed by atoms with van der Waals surface area (Å²) in [7, 11) is 0. The SMILES string of the molecule is CC(NC(=O)C1CCC(C(=O)O)C1)C(=O)NC1CC1. The number of rotatable bonds is 5. The van der Waals surface area contributed by atoms with Gasteiger partial charge in [0.2, 0.25) is 11.8 Å². The summed E-state index contributed by atoms with van der Waals surface area (Å²) < 4.78 is 0. The zero-order valence-corrected chi connectivity index (χ0v) is 11.0. The van der Waals surface area contributed by atoms with E-state index in [1.54, 1.807) is 6.92 Å². The monoisotopic (exact) mass is 268 g/mol. The Balaban J connectivity index is 1.77. The number of carboxylic acid groups (broad SMARTS) is 1. The van der Waals surface area contributed by atoms with Crippen LogP contribution in [0, 0.1) is 11.8 Å². The smallest absolute Gasteiger partial charge is 0.306 e. The molecular weight excluding hydrogens is 248 g/mol. The maximum absolute atomic E-state index is 11.9. The van der Waals surface area contributed by atoms with Gasteiger partial charge < -0.3 is 15.7 Å². The topological polar surface area (TPSA) is 95.5 Å². The van der Waals surface area contributed by atoms with Crippen LogP contribution in [-0.4, -0.2) is 35.0 Å². The summed E-state index contributed by atoms with van der Waals surface area (Å²) >= 11 is 0. The summed E-state index contributed by atoms with van der Waals surface area (Å²) in [6.45, 7) is 1.65. The summed E-state index contributed by atoms with van der Waals surface area (Å²) in [5, 5.41) is 14.4. The zero-order chi connectivity index (χ0) is 14.0. The Labute approximate surface area is 111 Å². The van der Waals surface area contributed by atoms with E-state index in [9.17, 15) is 14.4 Å². The van der Waals surface area contributed by atoms with E-state index in [0.29, 0.717) is 19.3 Å². The van der Waals surface area contributed by atoms with E-state index in [2.05, 4.69) is 10.6 Å². The number of hydrogen-bond donors (Lipinski definition) is 3. The van der Waals surface area contributed by atoms with Gasteiger partial charge in [-0.3, -0.25) is 14.4 Å². The molecule has 2 fully saturated rings. The van der Waals surface area contributed by atoms with Gasteiger partial charge in [-0.1, -0.05) is 0 Å². The third-order valence-electron chi connectivity index (χ3n) is 3.83. The van der Waals surface area contributed by atoms with Gasteiger partial charge >= 0.3 is 5.97 Å². The Hall–Kier alpha value is -1.59. The van der Waals surface area contributed by atoms with Gasteiger partial charge in [0, 0.05) is 12.0 Å². The number of aliphatic carboxylic acids is 1. The minimum absolute atomic E-state index is 0.163. The van der Waals surface area contributed by atoms with Crippen molar-refractivity contribution in [3.63, 3.8) is 0 Å². The number of carbonyl (C=O) groups excluding carboxylic acids is 2. The first kappa shape index (κ1) is 13.8. The van der Waals surface area contributed by atoms with Gasteiger partial charge in [-0.15, -0.1) is 0 Å². The fraction of sp³-hybridized carbons (Fsp3) is 0.769. The van der Waals surface area contributed by atoms with Crippen LogP contribution in [0.4, 0.5) is 0 Å². The molecule has 106 valence electrons. The Morgan fingerprint density at radius 1 is 1.11 bits per heavy atom. The lowest BCUT2D eigenvalue weighted by atomic mass is 10.0. The molecule has 0 radical (unpaired) electrons. The largest absolute Gasteiger partial charge is 0.481 e. The molecule has 0 saturated heterocycles. The molecule has 19 heavy (non-hydrogen) atoms. The third-order valence-corrected chi connectivity index (χ3v) is 3.83. The molecule has 0 aliphatic heterocycles. The van der Waals surface area contributed by atoms with Gasteiger partial charge in [0.1, 0.15) is 6.04 Å². The first-order valence-electron chi connectivity index (χ1n) is 6.81. The molecule has 0 aromatic carbocycles. The van der Waals surface area contributed by atoms with Gasteiger partial charge in [-0.2, -0.15) is 0 Å². The standard InChI is InChI=1S/C13H20N2O4/c1-7(11(16)15-10-4-5-10)14-12(17)8-2-3-9(6-8)13(18)19/h7-10H,2-6H2,1H3,(H,14,17)(H,15,16)(H,18,19). The molecule has 2 amide bonds. The Morgan fingerprint density at radius 2 is 1.74 bits per heavy atom. The van der Waals surface area contributed by atoms with Crippen LogP contribution in [0.3, 0.4) is 0 Å². The van der Waals surface area contributed by atoms with Gasteiger partial charge in [0.05, 0.1) is 5.92 Å². The first-order valence-corrected chi connectivity index (χ1v) is 6.81. The van der Waals surface area contributed by atoms with Crippen molar-refractivity contribution in [3.8, 4) is 0 Å². The normalized spacial score (nSPS) is 27.6. The van der Waals surface area contributed by atoms with Crippen molar-refractivity contribution >= 4 is 17.8 Å². The molecule has 0 aromatic heterocycles. The average Bonchev–Trinajstić information content (AvgIpc) is 3.01. The third kappa shape index (κ3) is 3.68. The lowest BCUT2D eigenvalue weighted by molar-refractivity contribution is -0.141. The van der Waals surface area contributed by atoms with E-state index < -0.39 is 17.9 Å². The van der Waals surface area contributed by atoms with Crippen LogP contribution in [0.2, 0.25) is 0 Å². The van der Waals surface area contributed by atoms with Crippen LogP contribution in [0.15, 0.2) is 0 Å². The second-order valence-corrected chi connectivity index (χ2v) is 5.56. The molecule has 2 aliphatic carbocycles. The maximum atomic E-state index is 11.9. The number of hydrogen-bond acceptors (Lipinski definition) is 3. The van der Waals surface area contributed by atoms with Gasteiger partial charge in [0.25, 0.3) is 0 Å². The lowest BCUT2D eigenvalue weighted by Gasteiger charge is -2.16. The van der Waals surface area contributed by atoms with Crippen LogP contribution in [0.1, 0.15) is 39.0 Å². The van der Waals surface area contributed by atoms with E-state index in [-0.39, 0.29) is 23.8 Å². The molecule has 2 rings (SSSR count). The van der Waals surface area contributed by atoms with E-state index in [0.717, 1.165) is 12.8 Å². The molecule has 2 aliphatic rings. The second-order valence-electron chi connectivity index (χ2n) is 5.56. The molecule has 3 unspecified atom stereocenters. The highest BCUT2D eigenvalue weighted by Crippen LogP contribution is 2.31. The van der Waals surface area contributed by atoms with Crippen molar-refractivity contribution in [3.05, 3.63) is 0 Å². The van der Waals surface area contributed by atoms with Crippen molar-refractivity contribution in [1.82, 2.24) is 10.6 Å². The molecule has 3 N–H and O–H groups in total. The highest BCUT2D eigenvalue weighted by Gasteiger charge is 2.35. The van der Waals surface area contributed by atoms with Gasteiger partial charge in [-0.25, -0.2) is 0 Å². The van der Waals surface area contributed by atoms with E-state index in [1.807, 2.05) is 0 Å². The molecule has 0 aromatic rings. The number of nitrogens with one attached hydrogen (secondary N) is 2. The van der Waals surface area contributed by atoms with Crippen LogP contribution in [0.5, 0.6) is 0 Å². The summed E-state index contributed by atoms with van der Waals surface area (Å²) in [4.78, 5) is 34.5. The molecule has 6 heteroatoms. The fourth-order valence-corrected chi connectivity index (χ4v) is 2.39. The van der Waals surface area contributed by atoms with Crippen molar-refractivity contribution < 1.29 is 19.5 Å². The van der Waals surface area contributed by atoms with Crippen LogP contribution < -0.4 is 10.6 Å². The maximum Gasteiger partial charge on any atom is 0.306 e. The Bertz CT molecular complexity index is 392. The number of carboxylic acids is 1. The van der Waals surface area contributed by atoms with Crippen molar-refractivity contribution in [2.24, 2.45) is 11.8 Å². The molecule has 6 nitrogen and oxygen atoms in total. The Kier molecular flexibility index (Phi) is 4.07. The molecule has 3 atom stereocenters. The summed E-state index contributed by atoms with van der Waals surface area (Å²) in [5.74, 6) is -1.91. The second kappa shape index (κ2) is 5.59. The lowest BCUT2D eigenvalue weighted by Crippen LogP contribution is -2.47. The van der Waals surface area contributed by atoms with Crippen LogP contribution in [-0.2, 0) is 14.4 Å². The molecule has 2 saturated carbocycles. The zero-order valence-electron chi connectivity index (χ0n) is 11.0. The van der Waals surface area contributed by atoms with Crippen LogP contribution >= 0.6 is 0 Å². The summed E-state index contributed by atoms with van der Waals surface area (Å²) in [5.41, 5.74) is 0. The number of amides is 2. The van der Waals surface area contributed by atoms with Crippen molar-refractivity contribution in [2.75, 3.05) is 0 Å². The summed E-state index contributed by atoms with van der Waals surface area (Å²) in [6.07, 6.45) is 3.51. The van der Waals surface area contributed by atoms with Gasteiger partial charge in [0.15, 0.2) is 0 Å². The highest BCUT2D eigenvalue weighted by molar-refractivity contribution is 5.88. The minimum Gasteiger partial charge on any atom is -0.481 e. The molecule has 0 bridgehead atoms. The van der Waals surface area contributed by atoms with Crippen molar-refractivity contribution in [2.45, 2.75) is 51.1 Å². The fourth-order valence-electron chi connectivity index (χ4n) is 2.39. The quantitative estimate of drug-likeness (QED) is 0.667. The van der Waals surface area contributed by atoms with Crippen LogP contribution in [0.25, 0.3) is 0 Å². The molecule has 0 heterocycles. The van der Waals surface area contributed by atoms with E-state index >= 15 is 0 Å². The predicted octanol–water partition coefficient (Wildman–Crippen LogP) is 0.271. The Morgan fingerprint density at radius 3 is 2.26 bits per heavy atom. The highest BCUT2D eigenvalue weighted by atomic mass is 16.4. The van der Waals surface area contributed by atoms with Gasteiger partial charge in [-0.05, 0) is 39.0 Å². The van der Waals surface area contributed by atoms with E-state index in [1.165, 1.54) is 0 Å². The van der Waals surface area contributed by atoms with E-state index in [4.69, 9.17) is 5.11 Å². The number of carbonyl (C=O) groups is 3. The first-order chi connectivity index (χ1) is 8.97. The predicted molar refractivity (Wildman–Crippen MR) is 67.2 cm³/mol. The average molecular weight is 268 g/mol.